The van der Waals surface area contributed by atoms with Crippen LogP contribution >= 0.6 is 0 Å². The van der Waals surface area contributed by atoms with Gasteiger partial charge in [0.25, 0.3) is 0 Å². The molecule has 0 aromatic heterocycles. The normalized spacial score (nSPS) is 30.4. The lowest BCUT2D eigenvalue weighted by Crippen LogP contribution is -2.39. The Kier molecular flexibility index (Phi) is 3.06. The number of hydrogen-bond acceptors (Lipinski definition) is 3. The first-order valence-corrected chi connectivity index (χ1v) is 6.50. The molecule has 0 saturated carbocycles. The van der Waals surface area contributed by atoms with Gasteiger partial charge in [0, 0.05) is 5.69 Å². The van der Waals surface area contributed by atoms with Gasteiger partial charge in [0.1, 0.15) is 5.92 Å². The van der Waals surface area contributed by atoms with Crippen LogP contribution in [0.25, 0.3) is 0 Å². The van der Waals surface area contributed by atoms with Crippen LogP contribution < -0.4 is 5.32 Å². The molecule has 20 heavy (non-hydrogen) atoms. The second-order valence-corrected chi connectivity index (χ2v) is 5.20. The van der Waals surface area contributed by atoms with Crippen molar-refractivity contribution < 1.29 is 19.4 Å². The Morgan fingerprint density at radius 1 is 1.10 bits per heavy atom. The molecule has 1 saturated heterocycles. The van der Waals surface area contributed by atoms with Crippen molar-refractivity contribution >= 4 is 17.6 Å². The molecule has 2 aliphatic rings. The van der Waals surface area contributed by atoms with Gasteiger partial charge < -0.3 is 15.2 Å². The van der Waals surface area contributed by atoms with Crippen molar-refractivity contribution in [2.24, 2.45) is 11.8 Å². The number of aryl methyl sites for hydroxylation is 1. The molecule has 5 heteroatoms. The molecule has 104 valence electrons. The summed E-state index contributed by atoms with van der Waals surface area (Å²) in [6.07, 6.45) is 2.56. The highest BCUT2D eigenvalue weighted by Crippen LogP contribution is 2.39. The third-order valence-electron chi connectivity index (χ3n) is 3.81. The lowest BCUT2D eigenvalue weighted by atomic mass is 9.82. The van der Waals surface area contributed by atoms with Crippen molar-refractivity contribution in [3.05, 3.63) is 42.0 Å². The fraction of sp³-hybridized carbons (Fsp3) is 0.333. The van der Waals surface area contributed by atoms with Crippen LogP contribution in [0.2, 0.25) is 0 Å². The molecule has 2 heterocycles. The first kappa shape index (κ1) is 12.9. The van der Waals surface area contributed by atoms with Crippen LogP contribution in [0, 0.1) is 18.8 Å². The zero-order valence-electron chi connectivity index (χ0n) is 10.9. The predicted octanol–water partition coefficient (Wildman–Crippen LogP) is 1.59. The molecule has 1 aromatic rings. The highest BCUT2D eigenvalue weighted by atomic mass is 16.5. The van der Waals surface area contributed by atoms with E-state index in [0.717, 1.165) is 5.56 Å². The summed E-state index contributed by atoms with van der Waals surface area (Å²) in [7, 11) is 0. The SMILES string of the molecule is Cc1ccc(NC(=O)[C@H]2[C@@H](C(=O)O)[C@@H]3C=C[C@@H]2O3)cc1. The minimum Gasteiger partial charge on any atom is -0.481 e. The fourth-order valence-corrected chi connectivity index (χ4v) is 2.78. The number of carbonyl (C=O) groups is 2. The van der Waals surface area contributed by atoms with E-state index in [4.69, 9.17) is 4.74 Å². The molecule has 0 spiro atoms. The number of amides is 1. The lowest BCUT2D eigenvalue weighted by Gasteiger charge is -2.21. The molecule has 4 atom stereocenters. The van der Waals surface area contributed by atoms with Crippen molar-refractivity contribution in [1.82, 2.24) is 0 Å². The topological polar surface area (TPSA) is 75.6 Å². The number of fused-ring (bicyclic) bond motifs is 2. The number of ether oxygens (including phenoxy) is 1. The summed E-state index contributed by atoms with van der Waals surface area (Å²) in [6, 6.07) is 7.38. The maximum Gasteiger partial charge on any atom is 0.310 e. The van der Waals surface area contributed by atoms with E-state index in [2.05, 4.69) is 5.32 Å². The van der Waals surface area contributed by atoms with E-state index in [9.17, 15) is 14.7 Å². The summed E-state index contributed by atoms with van der Waals surface area (Å²) in [5.41, 5.74) is 1.76. The van der Waals surface area contributed by atoms with E-state index in [1.54, 1.807) is 24.3 Å². The van der Waals surface area contributed by atoms with Crippen LogP contribution in [0.15, 0.2) is 36.4 Å². The summed E-state index contributed by atoms with van der Waals surface area (Å²) in [4.78, 5) is 23.6. The first-order chi connectivity index (χ1) is 9.56. The zero-order chi connectivity index (χ0) is 14.3. The quantitative estimate of drug-likeness (QED) is 0.820. The number of carbonyl (C=O) groups excluding carboxylic acids is 1. The highest BCUT2D eigenvalue weighted by Gasteiger charge is 2.53. The molecule has 5 nitrogen and oxygen atoms in total. The molecule has 0 radical (unpaired) electrons. The van der Waals surface area contributed by atoms with E-state index in [0.29, 0.717) is 5.69 Å². The Morgan fingerprint density at radius 3 is 2.30 bits per heavy atom. The molecular weight excluding hydrogens is 258 g/mol. The summed E-state index contributed by atoms with van der Waals surface area (Å²) < 4.78 is 5.48. The van der Waals surface area contributed by atoms with Gasteiger partial charge in [-0.25, -0.2) is 0 Å². The smallest absolute Gasteiger partial charge is 0.310 e. The Labute approximate surface area is 116 Å². The minimum atomic E-state index is -0.995. The molecule has 1 aromatic carbocycles. The molecule has 3 rings (SSSR count). The molecule has 1 amide bonds. The Morgan fingerprint density at radius 2 is 1.70 bits per heavy atom. The Bertz CT molecular complexity index is 578. The second kappa shape index (κ2) is 4.76. The van der Waals surface area contributed by atoms with Gasteiger partial charge >= 0.3 is 5.97 Å². The van der Waals surface area contributed by atoms with Gasteiger partial charge in [0.05, 0.1) is 18.1 Å². The van der Waals surface area contributed by atoms with Crippen LogP contribution in [0.4, 0.5) is 5.69 Å². The number of aliphatic carboxylic acids is 1. The summed E-state index contributed by atoms with van der Waals surface area (Å²) in [5.74, 6) is -2.79. The summed E-state index contributed by atoms with van der Waals surface area (Å²) in [6.45, 7) is 1.96. The average molecular weight is 273 g/mol. The van der Waals surface area contributed by atoms with Crippen LogP contribution in [0.3, 0.4) is 0 Å². The molecule has 0 unspecified atom stereocenters. The predicted molar refractivity (Wildman–Crippen MR) is 72.2 cm³/mol. The third kappa shape index (κ3) is 2.10. The van der Waals surface area contributed by atoms with Crippen molar-refractivity contribution in [1.29, 1.82) is 0 Å². The van der Waals surface area contributed by atoms with Crippen LogP contribution in [0.5, 0.6) is 0 Å². The van der Waals surface area contributed by atoms with Crippen LogP contribution in [-0.2, 0) is 14.3 Å². The van der Waals surface area contributed by atoms with E-state index in [1.165, 1.54) is 0 Å². The number of carboxylic acids is 1. The van der Waals surface area contributed by atoms with Gasteiger partial charge in [0.2, 0.25) is 5.91 Å². The van der Waals surface area contributed by atoms with Crippen molar-refractivity contribution in [2.45, 2.75) is 19.1 Å². The van der Waals surface area contributed by atoms with Crippen LogP contribution in [0.1, 0.15) is 5.56 Å². The number of benzene rings is 1. The van der Waals surface area contributed by atoms with Gasteiger partial charge in [-0.15, -0.1) is 0 Å². The van der Waals surface area contributed by atoms with Crippen molar-refractivity contribution in [3.63, 3.8) is 0 Å². The minimum absolute atomic E-state index is 0.307. The number of nitrogens with one attached hydrogen (secondary N) is 1. The Hall–Kier alpha value is -2.14. The zero-order valence-corrected chi connectivity index (χ0v) is 10.9. The number of anilines is 1. The van der Waals surface area contributed by atoms with E-state index in [-0.39, 0.29) is 5.91 Å². The number of carboxylic acid groups (broad SMARTS) is 1. The largest absolute Gasteiger partial charge is 0.481 e. The third-order valence-corrected chi connectivity index (χ3v) is 3.81. The second-order valence-electron chi connectivity index (χ2n) is 5.20. The van der Waals surface area contributed by atoms with Gasteiger partial charge in [0.15, 0.2) is 0 Å². The average Bonchev–Trinajstić information content (AvgIpc) is 3.01. The van der Waals surface area contributed by atoms with Gasteiger partial charge in [-0.2, -0.15) is 0 Å². The highest BCUT2D eigenvalue weighted by molar-refractivity contribution is 5.96. The maximum absolute atomic E-state index is 12.3. The number of rotatable bonds is 3. The first-order valence-electron chi connectivity index (χ1n) is 6.50. The Balaban J connectivity index is 1.78. The van der Waals surface area contributed by atoms with Gasteiger partial charge in [-0.05, 0) is 19.1 Å². The van der Waals surface area contributed by atoms with E-state index in [1.807, 2.05) is 19.1 Å². The summed E-state index contributed by atoms with van der Waals surface area (Å²) in [5, 5.41) is 12.0. The lowest BCUT2D eigenvalue weighted by molar-refractivity contribution is -0.145. The summed E-state index contributed by atoms with van der Waals surface area (Å²) >= 11 is 0. The molecule has 1 fully saturated rings. The van der Waals surface area contributed by atoms with E-state index < -0.39 is 30.0 Å². The molecule has 2 N–H and O–H groups in total. The number of hydrogen-bond donors (Lipinski definition) is 2. The standard InChI is InChI=1S/C15H15NO4/c1-8-2-4-9(5-3-8)16-14(17)12-10-6-7-11(20-10)13(12)15(18)19/h2-7,10-13H,1H3,(H,16,17)(H,18,19)/t10-,11-,12+,13-/m0/s1. The van der Waals surface area contributed by atoms with Crippen molar-refractivity contribution in [3.8, 4) is 0 Å². The van der Waals surface area contributed by atoms with Gasteiger partial charge in [-0.1, -0.05) is 29.8 Å². The van der Waals surface area contributed by atoms with Gasteiger partial charge in [-0.3, -0.25) is 9.59 Å². The van der Waals surface area contributed by atoms with Crippen LogP contribution in [-0.4, -0.2) is 29.2 Å². The van der Waals surface area contributed by atoms with E-state index >= 15 is 0 Å². The molecule has 2 bridgehead atoms. The van der Waals surface area contributed by atoms with Crippen molar-refractivity contribution in [2.75, 3.05) is 5.32 Å². The molecule has 0 aliphatic carbocycles. The maximum atomic E-state index is 12.3. The monoisotopic (exact) mass is 273 g/mol. The molecular formula is C15H15NO4. The fourth-order valence-electron chi connectivity index (χ4n) is 2.78. The molecule has 2 aliphatic heterocycles.